The van der Waals surface area contributed by atoms with Gasteiger partial charge in [0.1, 0.15) is 17.3 Å². The number of nitrogens with zero attached hydrogens (tertiary/aromatic N) is 1. The fraction of sp³-hybridized carbons (Fsp3) is 0.435. The fourth-order valence-electron chi connectivity index (χ4n) is 8.73. The highest BCUT2D eigenvalue weighted by Crippen LogP contribution is 2.59. The molecule has 3 aliphatic carbocycles. The number of amides is 1. The van der Waals surface area contributed by atoms with Crippen molar-refractivity contribution in [3.63, 3.8) is 0 Å². The maximum Gasteiger partial charge on any atom is 0.416 e. The van der Waals surface area contributed by atoms with E-state index in [9.17, 15) is 33.0 Å². The number of allylic oxidation sites excluding steroid dienone is 2. The highest BCUT2D eigenvalue weighted by Gasteiger charge is 2.58. The number of carbonyl (C=O) groups excluding carboxylic acids is 2. The molecule has 0 aliphatic heterocycles. The van der Waals surface area contributed by atoms with Gasteiger partial charge in [0.15, 0.2) is 5.76 Å². The molecule has 13 heteroatoms. The van der Waals surface area contributed by atoms with Gasteiger partial charge in [-0.05, 0) is 124 Å². The lowest BCUT2D eigenvalue weighted by molar-refractivity contribution is -0.137. The Morgan fingerprint density at radius 3 is 2.49 bits per heavy atom. The zero-order valence-corrected chi connectivity index (χ0v) is 34.7. The van der Waals surface area contributed by atoms with Crippen LogP contribution in [0.5, 0.6) is 11.5 Å². The molecule has 1 aromatic heterocycles. The van der Waals surface area contributed by atoms with Crippen LogP contribution >= 0.6 is 11.6 Å². The van der Waals surface area contributed by atoms with Crippen molar-refractivity contribution >= 4 is 23.5 Å². The van der Waals surface area contributed by atoms with E-state index < -0.39 is 46.7 Å². The molecular formula is C46H51ClF3NO8. The quantitative estimate of drug-likeness (QED) is 0.120. The lowest BCUT2D eigenvalue weighted by Crippen LogP contribution is -2.53. The number of benzene rings is 3. The molecule has 1 saturated carbocycles. The van der Waals surface area contributed by atoms with Gasteiger partial charge in [-0.1, -0.05) is 42.3 Å². The summed E-state index contributed by atoms with van der Waals surface area (Å²) in [5.41, 5.74) is 0.167. The van der Waals surface area contributed by atoms with Crippen LogP contribution in [0.2, 0.25) is 5.02 Å². The SMILES string of the molecule is CCOC(=O)N(Cc1ccc(OC)cc1OC)C[C@]1(O)CC[C@H]2c3ccc(cc3C(=O)c3ccc(-c4cc(C(F)(F)F)ccc4Cl)o3)C[C@@H](O)CCC(C)=CCC[C@@]21C. The Hall–Kier alpha value is -4.78. The second-order valence-corrected chi connectivity index (χ2v) is 16.3. The molecule has 3 aliphatic rings. The van der Waals surface area contributed by atoms with Gasteiger partial charge in [0.25, 0.3) is 0 Å². The summed E-state index contributed by atoms with van der Waals surface area (Å²) in [7, 11) is 3.08. The van der Waals surface area contributed by atoms with Crippen LogP contribution in [0, 0.1) is 5.41 Å². The minimum atomic E-state index is -4.62. The first kappa shape index (κ1) is 43.8. The molecule has 1 heterocycles. The lowest BCUT2D eigenvalue weighted by atomic mass is 9.64. The zero-order valence-electron chi connectivity index (χ0n) is 34.0. The molecule has 3 aromatic carbocycles. The topological polar surface area (TPSA) is 119 Å². The van der Waals surface area contributed by atoms with E-state index in [-0.39, 0.29) is 48.2 Å². The number of hydrogen-bond acceptors (Lipinski definition) is 8. The van der Waals surface area contributed by atoms with Gasteiger partial charge >= 0.3 is 12.3 Å². The number of alkyl halides is 3. The van der Waals surface area contributed by atoms with Gasteiger partial charge in [0, 0.05) is 28.2 Å². The highest BCUT2D eigenvalue weighted by atomic mass is 35.5. The predicted molar refractivity (Wildman–Crippen MR) is 218 cm³/mol. The number of carbonyl (C=O) groups is 2. The van der Waals surface area contributed by atoms with Crippen LogP contribution < -0.4 is 9.47 Å². The first-order valence-electron chi connectivity index (χ1n) is 19.8. The van der Waals surface area contributed by atoms with Crippen LogP contribution in [0.15, 0.2) is 82.8 Å². The number of ether oxygens (including phenoxy) is 3. The van der Waals surface area contributed by atoms with Crippen molar-refractivity contribution < 1.29 is 51.6 Å². The summed E-state index contributed by atoms with van der Waals surface area (Å²) in [5.74, 6) is 0.0697. The molecule has 316 valence electrons. The van der Waals surface area contributed by atoms with E-state index >= 15 is 0 Å². The molecular weight excluding hydrogens is 787 g/mol. The molecule has 0 spiro atoms. The minimum Gasteiger partial charge on any atom is -0.497 e. The van der Waals surface area contributed by atoms with Crippen molar-refractivity contribution in [3.05, 3.63) is 117 Å². The van der Waals surface area contributed by atoms with Crippen LogP contribution in [0.1, 0.15) is 104 Å². The van der Waals surface area contributed by atoms with E-state index in [4.69, 9.17) is 30.2 Å². The Balaban J connectivity index is 1.42. The third-order valence-electron chi connectivity index (χ3n) is 12.1. The third-order valence-corrected chi connectivity index (χ3v) is 12.5. The average Bonchev–Trinajstić information content (AvgIpc) is 3.79. The minimum absolute atomic E-state index is 0.00509. The maximum atomic E-state index is 14.6. The number of halogens is 4. The smallest absolute Gasteiger partial charge is 0.416 e. The Kier molecular flexibility index (Phi) is 13.2. The summed E-state index contributed by atoms with van der Waals surface area (Å²) in [5, 5.41) is 24.1. The summed E-state index contributed by atoms with van der Waals surface area (Å²) < 4.78 is 63.4. The van der Waals surface area contributed by atoms with Gasteiger partial charge < -0.3 is 33.7 Å². The fourth-order valence-corrected chi connectivity index (χ4v) is 8.94. The van der Waals surface area contributed by atoms with E-state index in [1.54, 1.807) is 38.3 Å². The van der Waals surface area contributed by atoms with Crippen molar-refractivity contribution in [1.29, 1.82) is 0 Å². The van der Waals surface area contributed by atoms with Gasteiger partial charge in [-0.3, -0.25) is 4.79 Å². The van der Waals surface area contributed by atoms with E-state index in [1.807, 2.05) is 26.0 Å². The Labute approximate surface area is 347 Å². The second-order valence-electron chi connectivity index (χ2n) is 15.9. The predicted octanol–water partition coefficient (Wildman–Crippen LogP) is 10.6. The molecule has 4 aromatic rings. The highest BCUT2D eigenvalue weighted by molar-refractivity contribution is 6.33. The lowest BCUT2D eigenvalue weighted by Gasteiger charge is -2.46. The molecule has 0 saturated heterocycles. The summed E-state index contributed by atoms with van der Waals surface area (Å²) in [4.78, 5) is 29.8. The van der Waals surface area contributed by atoms with Gasteiger partial charge in [-0.15, -0.1) is 0 Å². The van der Waals surface area contributed by atoms with Gasteiger partial charge in [0.2, 0.25) is 5.78 Å². The van der Waals surface area contributed by atoms with E-state index in [2.05, 4.69) is 6.08 Å². The summed E-state index contributed by atoms with van der Waals surface area (Å²) in [6.07, 6.45) is -0.496. The monoisotopic (exact) mass is 837 g/mol. The summed E-state index contributed by atoms with van der Waals surface area (Å²) in [6, 6.07) is 16.5. The Morgan fingerprint density at radius 2 is 1.78 bits per heavy atom. The van der Waals surface area contributed by atoms with Crippen LogP contribution in [-0.4, -0.2) is 66.1 Å². The average molecular weight is 838 g/mol. The molecule has 7 rings (SSSR count). The molecule has 59 heavy (non-hydrogen) atoms. The van der Waals surface area contributed by atoms with E-state index in [0.717, 1.165) is 23.8 Å². The molecule has 9 nitrogen and oxygen atoms in total. The third kappa shape index (κ3) is 9.35. The van der Waals surface area contributed by atoms with Gasteiger partial charge in [0.05, 0.1) is 56.2 Å². The number of ketones is 1. The maximum absolute atomic E-state index is 14.6. The molecule has 0 unspecified atom stereocenters. The summed E-state index contributed by atoms with van der Waals surface area (Å²) in [6.45, 7) is 5.87. The van der Waals surface area contributed by atoms with E-state index in [0.29, 0.717) is 72.3 Å². The van der Waals surface area contributed by atoms with Crippen LogP contribution in [0.25, 0.3) is 11.3 Å². The van der Waals surface area contributed by atoms with Crippen LogP contribution in [0.4, 0.5) is 18.0 Å². The van der Waals surface area contributed by atoms with Crippen LogP contribution in [0.3, 0.4) is 0 Å². The normalized spacial score (nSPS) is 22.3. The standard InChI is InChI=1S/C46H51ClF3NO8/c1-6-58-43(54)51(26-30-11-14-33(56-4)25-41(30)57-5)27-45(55)21-19-37-34-15-10-29(22-32(52)13-9-28(2)8-7-20-44(37,45)3)23-35(34)42(53)40-18-17-39(59-40)36-24-31(46(48,49)50)12-16-38(36)47/h8,10-12,14-18,23-25,32,37,52,55H,6-7,9,13,19-22,26-27H2,1-5H3/t32-,37-,44-,45+/m0/s1. The number of rotatable bonds is 10. The number of aliphatic hydroxyl groups is 2. The molecule has 2 bridgehead atoms. The molecule has 0 radical (unpaired) electrons. The molecule has 4 atom stereocenters. The van der Waals surface area contributed by atoms with Crippen molar-refractivity contribution in [2.24, 2.45) is 5.41 Å². The van der Waals surface area contributed by atoms with Crippen molar-refractivity contribution in [2.75, 3.05) is 27.4 Å². The molecule has 2 N–H and O–H groups in total. The van der Waals surface area contributed by atoms with Crippen molar-refractivity contribution in [1.82, 2.24) is 4.90 Å². The summed E-state index contributed by atoms with van der Waals surface area (Å²) >= 11 is 6.33. The van der Waals surface area contributed by atoms with Gasteiger partial charge in [-0.2, -0.15) is 13.2 Å². The zero-order chi connectivity index (χ0) is 42.7. The van der Waals surface area contributed by atoms with E-state index in [1.165, 1.54) is 24.1 Å². The number of fused-ring (bicyclic) bond motifs is 8. The largest absolute Gasteiger partial charge is 0.497 e. The Morgan fingerprint density at radius 1 is 1.00 bits per heavy atom. The Bertz CT molecular complexity index is 2200. The number of furan rings is 1. The second kappa shape index (κ2) is 17.8. The number of methoxy groups -OCH3 is 2. The first-order valence-corrected chi connectivity index (χ1v) is 20.2. The number of hydrogen-bond donors (Lipinski definition) is 2. The van der Waals surface area contributed by atoms with Gasteiger partial charge in [-0.25, -0.2) is 4.79 Å². The van der Waals surface area contributed by atoms with Crippen molar-refractivity contribution in [2.45, 2.75) is 96.1 Å². The van der Waals surface area contributed by atoms with Crippen molar-refractivity contribution in [3.8, 4) is 22.8 Å². The van der Waals surface area contributed by atoms with Crippen LogP contribution in [-0.2, 0) is 23.9 Å². The molecule has 1 fully saturated rings. The number of aliphatic hydroxyl groups excluding tert-OH is 1. The first-order chi connectivity index (χ1) is 28.0. The molecule has 1 amide bonds.